The van der Waals surface area contributed by atoms with Crippen molar-refractivity contribution < 1.29 is 4.79 Å². The lowest BCUT2D eigenvalue weighted by molar-refractivity contribution is -0.112. The van der Waals surface area contributed by atoms with Crippen LogP contribution in [0.5, 0.6) is 0 Å². The fourth-order valence-electron chi connectivity index (χ4n) is 3.37. The number of Topliss-reactive ketones (excluding diaryl/α,β-unsaturated/α-hetero) is 1. The Labute approximate surface area is 163 Å². The molecule has 0 saturated carbocycles. The minimum atomic E-state index is -2.14. The molecule has 0 N–H and O–H groups in total. The van der Waals surface area contributed by atoms with E-state index >= 15 is 0 Å². The summed E-state index contributed by atoms with van der Waals surface area (Å²) < 4.78 is 0. The van der Waals surface area contributed by atoms with Gasteiger partial charge in [-0.3, -0.25) is 4.79 Å². The second kappa shape index (κ2) is 9.02. The van der Waals surface area contributed by atoms with Crippen molar-refractivity contribution >= 4 is 34.4 Å². The van der Waals surface area contributed by atoms with Gasteiger partial charge in [-0.15, -0.1) is 0 Å². The van der Waals surface area contributed by atoms with Gasteiger partial charge in [-0.1, -0.05) is 105 Å². The van der Waals surface area contributed by atoms with Gasteiger partial charge in [0.05, 0.1) is 0 Å². The minimum absolute atomic E-state index is 0.244. The SMILES string of the molecule is CC(C)CCC(=O)C=P(c1ccccc1)(c1ccccc1)c1ccccc1. The first-order chi connectivity index (χ1) is 13.1. The highest BCUT2D eigenvalue weighted by Crippen LogP contribution is 2.43. The summed E-state index contributed by atoms with van der Waals surface area (Å²) in [7, 11) is 0. The van der Waals surface area contributed by atoms with Gasteiger partial charge in [0.15, 0.2) is 5.78 Å². The van der Waals surface area contributed by atoms with Crippen LogP contribution in [0, 0.1) is 5.92 Å². The predicted octanol–water partition coefficient (Wildman–Crippen LogP) is 4.79. The number of carbonyl (C=O) groups excluding carboxylic acids is 1. The third-order valence-electron chi connectivity index (χ3n) is 4.80. The van der Waals surface area contributed by atoms with Gasteiger partial charge in [0.2, 0.25) is 0 Å². The van der Waals surface area contributed by atoms with Crippen molar-refractivity contribution in [2.24, 2.45) is 5.92 Å². The maximum atomic E-state index is 13.1. The number of hydrogen-bond donors (Lipinski definition) is 0. The predicted molar refractivity (Wildman–Crippen MR) is 120 cm³/mol. The monoisotopic (exact) mass is 374 g/mol. The van der Waals surface area contributed by atoms with Gasteiger partial charge in [0.1, 0.15) is 0 Å². The van der Waals surface area contributed by atoms with E-state index in [1.54, 1.807) is 0 Å². The van der Waals surface area contributed by atoms with E-state index in [-0.39, 0.29) is 5.78 Å². The third-order valence-corrected chi connectivity index (χ3v) is 8.81. The molecule has 138 valence electrons. The molecule has 27 heavy (non-hydrogen) atoms. The number of rotatable bonds is 7. The van der Waals surface area contributed by atoms with Gasteiger partial charge in [0, 0.05) is 6.42 Å². The Morgan fingerprint density at radius 3 is 1.44 bits per heavy atom. The molecule has 0 amide bonds. The Hall–Kier alpha value is -2.37. The molecule has 0 heterocycles. The van der Waals surface area contributed by atoms with Crippen molar-refractivity contribution in [2.45, 2.75) is 26.7 Å². The summed E-state index contributed by atoms with van der Waals surface area (Å²) in [6.45, 7) is 2.19. The van der Waals surface area contributed by atoms with E-state index in [0.717, 1.165) is 6.42 Å². The molecule has 0 unspecified atom stereocenters. The highest BCUT2D eigenvalue weighted by Gasteiger charge is 2.26. The van der Waals surface area contributed by atoms with Crippen LogP contribution in [0.15, 0.2) is 91.0 Å². The smallest absolute Gasteiger partial charge is 0.156 e. The zero-order valence-electron chi connectivity index (χ0n) is 16.1. The molecule has 3 aromatic rings. The van der Waals surface area contributed by atoms with Crippen LogP contribution in [0.3, 0.4) is 0 Å². The van der Waals surface area contributed by atoms with Gasteiger partial charge in [-0.25, -0.2) is 0 Å². The molecule has 0 aliphatic carbocycles. The molecule has 0 fully saturated rings. The van der Waals surface area contributed by atoms with Crippen molar-refractivity contribution in [3.63, 3.8) is 0 Å². The maximum absolute atomic E-state index is 13.1. The van der Waals surface area contributed by atoms with Gasteiger partial charge < -0.3 is 0 Å². The summed E-state index contributed by atoms with van der Waals surface area (Å²) in [5.41, 5.74) is 0. The Balaban J connectivity index is 2.28. The molecular formula is C25H27OP. The van der Waals surface area contributed by atoms with Crippen LogP contribution < -0.4 is 15.9 Å². The Morgan fingerprint density at radius 2 is 1.11 bits per heavy atom. The number of benzene rings is 3. The van der Waals surface area contributed by atoms with Crippen molar-refractivity contribution in [3.05, 3.63) is 91.0 Å². The summed E-state index contributed by atoms with van der Waals surface area (Å²) in [6.07, 6.45) is 1.53. The number of ketones is 1. The second-order valence-electron chi connectivity index (χ2n) is 7.26. The molecule has 1 nitrogen and oxygen atoms in total. The van der Waals surface area contributed by atoms with Crippen molar-refractivity contribution in [1.82, 2.24) is 0 Å². The molecule has 0 aromatic heterocycles. The normalized spacial score (nSPS) is 11.4. The molecule has 3 rings (SSSR count). The van der Waals surface area contributed by atoms with E-state index in [1.807, 2.05) is 18.2 Å². The molecule has 0 atom stereocenters. The standard InChI is InChI=1S/C25H27OP/c1-21(2)18-19-22(26)20-27(23-12-6-3-7-13-23,24-14-8-4-9-15-24)25-16-10-5-11-17-25/h3-17,20-21H,18-19H2,1-2H3. The summed E-state index contributed by atoms with van der Waals surface area (Å²) in [4.78, 5) is 13.1. The second-order valence-corrected chi connectivity index (χ2v) is 10.5. The lowest BCUT2D eigenvalue weighted by Crippen LogP contribution is -2.28. The van der Waals surface area contributed by atoms with Crippen LogP contribution in [-0.2, 0) is 4.79 Å². The molecule has 0 aliphatic rings. The van der Waals surface area contributed by atoms with Gasteiger partial charge in [-0.2, -0.15) is 0 Å². The first-order valence-corrected chi connectivity index (χ1v) is 11.4. The van der Waals surface area contributed by atoms with Crippen molar-refractivity contribution in [2.75, 3.05) is 0 Å². The van der Waals surface area contributed by atoms with E-state index < -0.39 is 6.89 Å². The van der Waals surface area contributed by atoms with E-state index in [2.05, 4.69) is 92.4 Å². The lowest BCUT2D eigenvalue weighted by Gasteiger charge is -2.28. The van der Waals surface area contributed by atoms with Crippen LogP contribution in [0.1, 0.15) is 26.7 Å². The van der Waals surface area contributed by atoms with Crippen LogP contribution >= 0.6 is 6.89 Å². The number of carbonyl (C=O) groups is 1. The summed E-state index contributed by atoms with van der Waals surface area (Å²) >= 11 is 0. The zero-order valence-corrected chi connectivity index (χ0v) is 17.0. The molecule has 0 saturated heterocycles. The fraction of sp³-hybridized carbons (Fsp3) is 0.200. The van der Waals surface area contributed by atoms with Crippen LogP contribution in [0.25, 0.3) is 0 Å². The summed E-state index contributed by atoms with van der Waals surface area (Å²) in [6, 6.07) is 31.5. The maximum Gasteiger partial charge on any atom is 0.156 e. The molecule has 0 radical (unpaired) electrons. The van der Waals surface area contributed by atoms with E-state index in [1.165, 1.54) is 15.9 Å². The fourth-order valence-corrected chi connectivity index (χ4v) is 7.20. The highest BCUT2D eigenvalue weighted by molar-refractivity contribution is 7.95. The topological polar surface area (TPSA) is 17.1 Å². The largest absolute Gasteiger partial charge is 0.295 e. The molecule has 3 aromatic carbocycles. The number of hydrogen-bond acceptors (Lipinski definition) is 1. The first-order valence-electron chi connectivity index (χ1n) is 9.57. The highest BCUT2D eigenvalue weighted by atomic mass is 31.2. The zero-order chi connectivity index (χ0) is 19.1. The van der Waals surface area contributed by atoms with E-state index in [0.29, 0.717) is 12.3 Å². The summed E-state index contributed by atoms with van der Waals surface area (Å²) in [5, 5.41) is 3.67. The Kier molecular flexibility index (Phi) is 6.48. The molecule has 0 spiro atoms. The molecular weight excluding hydrogens is 347 g/mol. The Morgan fingerprint density at radius 1 is 0.741 bits per heavy atom. The third kappa shape index (κ3) is 4.49. The first kappa shape index (κ1) is 19.4. The molecule has 2 heteroatoms. The average molecular weight is 374 g/mol. The van der Waals surface area contributed by atoms with Crippen LogP contribution in [-0.4, -0.2) is 11.6 Å². The van der Waals surface area contributed by atoms with Gasteiger partial charge in [0.25, 0.3) is 0 Å². The molecule has 0 bridgehead atoms. The average Bonchev–Trinajstić information content (AvgIpc) is 2.72. The minimum Gasteiger partial charge on any atom is -0.295 e. The van der Waals surface area contributed by atoms with Crippen LogP contribution in [0.4, 0.5) is 0 Å². The van der Waals surface area contributed by atoms with E-state index in [4.69, 9.17) is 0 Å². The Bertz CT molecular complexity index is 809. The van der Waals surface area contributed by atoms with Crippen LogP contribution in [0.2, 0.25) is 0 Å². The quantitative estimate of drug-likeness (QED) is 0.544. The van der Waals surface area contributed by atoms with Crippen molar-refractivity contribution in [1.29, 1.82) is 0 Å². The van der Waals surface area contributed by atoms with Gasteiger partial charge >= 0.3 is 0 Å². The van der Waals surface area contributed by atoms with E-state index in [9.17, 15) is 4.79 Å². The van der Waals surface area contributed by atoms with Crippen molar-refractivity contribution in [3.8, 4) is 0 Å². The lowest BCUT2D eigenvalue weighted by atomic mass is 10.1. The van der Waals surface area contributed by atoms with Gasteiger partial charge in [-0.05, 0) is 40.9 Å². The molecule has 0 aliphatic heterocycles. The summed E-state index contributed by atoms with van der Waals surface area (Å²) in [5.74, 6) is 2.82.